The Morgan fingerprint density at radius 3 is 2.65 bits per heavy atom. The molecule has 5 nitrogen and oxygen atoms in total. The molecule has 3 N–H and O–H groups in total. The van der Waals surface area contributed by atoms with Gasteiger partial charge in [0.25, 0.3) is 5.91 Å². The molecule has 1 unspecified atom stereocenters. The van der Waals surface area contributed by atoms with E-state index in [0.717, 1.165) is 6.07 Å². The summed E-state index contributed by atoms with van der Waals surface area (Å²) in [4.78, 5) is 15.7. The third kappa shape index (κ3) is 3.97. The number of nitriles is 1. The van der Waals surface area contributed by atoms with Crippen LogP contribution < -0.4 is 11.1 Å². The first-order valence-electron chi connectivity index (χ1n) is 6.40. The summed E-state index contributed by atoms with van der Waals surface area (Å²) in [5, 5.41) is 10.7. The van der Waals surface area contributed by atoms with Crippen molar-refractivity contribution < 1.29 is 18.0 Å². The van der Waals surface area contributed by atoms with Gasteiger partial charge in [-0.3, -0.25) is 4.79 Å². The number of nitrogens with one attached hydrogen (secondary N) is 1. The molecule has 1 aromatic carbocycles. The molecule has 23 heavy (non-hydrogen) atoms. The van der Waals surface area contributed by atoms with Gasteiger partial charge in [-0.15, -0.1) is 0 Å². The van der Waals surface area contributed by atoms with E-state index in [2.05, 4.69) is 4.98 Å². The van der Waals surface area contributed by atoms with Gasteiger partial charge in [0.05, 0.1) is 11.6 Å². The predicted molar refractivity (Wildman–Crippen MR) is 76.1 cm³/mol. The first-order valence-corrected chi connectivity index (χ1v) is 6.40. The van der Waals surface area contributed by atoms with E-state index in [0.29, 0.717) is 0 Å². The summed E-state index contributed by atoms with van der Waals surface area (Å²) in [5.74, 6) is -0.920. The Morgan fingerprint density at radius 1 is 1.30 bits per heavy atom. The van der Waals surface area contributed by atoms with Crippen molar-refractivity contribution >= 4 is 11.7 Å². The van der Waals surface area contributed by atoms with Crippen LogP contribution >= 0.6 is 0 Å². The number of nitrogens with zero attached hydrogens (tertiary/aromatic N) is 2. The number of halogens is 3. The molecule has 1 aromatic heterocycles. The number of hydrogen-bond acceptors (Lipinski definition) is 4. The topological polar surface area (TPSA) is 91.8 Å². The van der Waals surface area contributed by atoms with Crippen molar-refractivity contribution in [2.24, 2.45) is 0 Å². The van der Waals surface area contributed by atoms with Crippen LogP contribution in [0.1, 0.15) is 27.5 Å². The molecule has 0 aliphatic heterocycles. The second-order valence-electron chi connectivity index (χ2n) is 4.65. The molecule has 118 valence electrons. The summed E-state index contributed by atoms with van der Waals surface area (Å²) < 4.78 is 39.8. The molecule has 0 aliphatic rings. The summed E-state index contributed by atoms with van der Waals surface area (Å²) >= 11 is 0. The van der Waals surface area contributed by atoms with Gasteiger partial charge < -0.3 is 11.1 Å². The number of alkyl halides is 3. The van der Waals surface area contributed by atoms with E-state index in [-0.39, 0.29) is 22.5 Å². The fourth-order valence-electron chi connectivity index (χ4n) is 1.95. The van der Waals surface area contributed by atoms with Crippen molar-refractivity contribution in [2.45, 2.75) is 12.2 Å². The summed E-state index contributed by atoms with van der Waals surface area (Å²) in [6.07, 6.45) is -3.49. The lowest BCUT2D eigenvalue weighted by atomic mass is 10.0. The van der Waals surface area contributed by atoms with Crippen LogP contribution in [0.4, 0.5) is 19.0 Å². The summed E-state index contributed by atoms with van der Waals surface area (Å²) in [6.45, 7) is 0. The van der Waals surface area contributed by atoms with E-state index >= 15 is 0 Å². The van der Waals surface area contributed by atoms with Gasteiger partial charge in [-0.25, -0.2) is 4.98 Å². The SMILES string of the molecule is N#Cc1cccc(C(NC(=O)c2ccnc(N)c2)C(F)(F)F)c1. The third-order valence-corrected chi connectivity index (χ3v) is 3.00. The Bertz CT molecular complexity index is 768. The van der Waals surface area contributed by atoms with Crippen molar-refractivity contribution in [1.29, 1.82) is 5.26 Å². The smallest absolute Gasteiger partial charge is 0.384 e. The number of nitrogen functional groups attached to an aromatic ring is 1. The lowest BCUT2D eigenvalue weighted by Crippen LogP contribution is -2.38. The number of amides is 1. The fraction of sp³-hybridized carbons (Fsp3) is 0.133. The number of aromatic nitrogens is 1. The molecule has 1 amide bonds. The normalized spacial score (nSPS) is 12.3. The van der Waals surface area contributed by atoms with Crippen molar-refractivity contribution in [2.75, 3.05) is 5.73 Å². The van der Waals surface area contributed by atoms with E-state index in [1.165, 1.54) is 36.5 Å². The monoisotopic (exact) mass is 320 g/mol. The standard InChI is InChI=1S/C15H11F3N4O/c16-15(17,18)13(10-3-1-2-9(6-10)8-19)22-14(23)11-4-5-21-12(20)7-11/h1-7,13H,(H2,20,21)(H,22,23). The second-order valence-corrected chi connectivity index (χ2v) is 4.65. The number of benzene rings is 1. The molecule has 8 heteroatoms. The van der Waals surface area contributed by atoms with E-state index in [9.17, 15) is 18.0 Å². The number of hydrogen-bond donors (Lipinski definition) is 2. The maximum absolute atomic E-state index is 13.3. The predicted octanol–water partition coefficient (Wildman–Crippen LogP) is 2.57. The second kappa shape index (κ2) is 6.36. The number of rotatable bonds is 3. The van der Waals surface area contributed by atoms with Crippen LogP contribution in [-0.4, -0.2) is 17.1 Å². The van der Waals surface area contributed by atoms with Gasteiger partial charge in [0.15, 0.2) is 6.04 Å². The minimum absolute atomic E-state index is 0.0210. The fourth-order valence-corrected chi connectivity index (χ4v) is 1.95. The Hall–Kier alpha value is -3.08. The molecule has 0 bridgehead atoms. The Morgan fingerprint density at radius 2 is 2.04 bits per heavy atom. The quantitative estimate of drug-likeness (QED) is 0.909. The highest BCUT2D eigenvalue weighted by molar-refractivity contribution is 5.95. The molecular weight excluding hydrogens is 309 g/mol. The van der Waals surface area contributed by atoms with Gasteiger partial charge in [-0.2, -0.15) is 18.4 Å². The zero-order chi connectivity index (χ0) is 17.0. The Kier molecular flexibility index (Phi) is 4.50. The largest absolute Gasteiger partial charge is 0.412 e. The van der Waals surface area contributed by atoms with Crippen LogP contribution in [-0.2, 0) is 0 Å². The number of carbonyl (C=O) groups excluding carboxylic acids is 1. The highest BCUT2D eigenvalue weighted by Gasteiger charge is 2.42. The summed E-state index contributed by atoms with van der Waals surface area (Å²) in [7, 11) is 0. The highest BCUT2D eigenvalue weighted by atomic mass is 19.4. The van der Waals surface area contributed by atoms with Crippen molar-refractivity contribution in [3.63, 3.8) is 0 Å². The van der Waals surface area contributed by atoms with Crippen molar-refractivity contribution in [3.8, 4) is 6.07 Å². The molecule has 2 rings (SSSR count). The van der Waals surface area contributed by atoms with E-state index < -0.39 is 18.1 Å². The zero-order valence-corrected chi connectivity index (χ0v) is 11.6. The first kappa shape index (κ1) is 16.3. The van der Waals surface area contributed by atoms with Gasteiger partial charge in [0, 0.05) is 11.8 Å². The van der Waals surface area contributed by atoms with Crippen molar-refractivity contribution in [3.05, 3.63) is 59.3 Å². The van der Waals surface area contributed by atoms with Gasteiger partial charge in [0.1, 0.15) is 5.82 Å². The maximum Gasteiger partial charge on any atom is 0.412 e. The molecule has 1 heterocycles. The average Bonchev–Trinajstić information content (AvgIpc) is 2.51. The number of carbonyl (C=O) groups is 1. The number of anilines is 1. The lowest BCUT2D eigenvalue weighted by Gasteiger charge is -2.22. The molecule has 1 atom stereocenters. The van der Waals surface area contributed by atoms with Crippen molar-refractivity contribution in [1.82, 2.24) is 10.3 Å². The summed E-state index contributed by atoms with van der Waals surface area (Å²) in [5.41, 5.74) is 5.21. The van der Waals surface area contributed by atoms with E-state index in [1.54, 1.807) is 6.07 Å². The van der Waals surface area contributed by atoms with Crippen LogP contribution in [0.15, 0.2) is 42.6 Å². The number of nitrogens with two attached hydrogens (primary N) is 1. The van der Waals surface area contributed by atoms with Crippen LogP contribution in [0, 0.1) is 11.3 Å². The van der Waals surface area contributed by atoms with Gasteiger partial charge >= 0.3 is 6.18 Å². The van der Waals surface area contributed by atoms with Crippen LogP contribution in [0.3, 0.4) is 0 Å². The van der Waals surface area contributed by atoms with Gasteiger partial charge in [-0.1, -0.05) is 12.1 Å². The van der Waals surface area contributed by atoms with Crippen LogP contribution in [0.2, 0.25) is 0 Å². The van der Waals surface area contributed by atoms with Crippen LogP contribution in [0.5, 0.6) is 0 Å². The van der Waals surface area contributed by atoms with E-state index in [1.807, 2.05) is 5.32 Å². The zero-order valence-electron chi connectivity index (χ0n) is 11.6. The molecule has 0 fully saturated rings. The number of pyridine rings is 1. The van der Waals surface area contributed by atoms with Gasteiger partial charge in [-0.05, 0) is 29.8 Å². The average molecular weight is 320 g/mol. The Balaban J connectivity index is 2.33. The lowest BCUT2D eigenvalue weighted by molar-refractivity contribution is -0.155. The molecule has 0 aliphatic carbocycles. The molecular formula is C15H11F3N4O. The molecule has 0 saturated carbocycles. The third-order valence-electron chi connectivity index (χ3n) is 3.00. The van der Waals surface area contributed by atoms with Gasteiger partial charge in [0.2, 0.25) is 0 Å². The minimum atomic E-state index is -4.72. The Labute approximate surface area is 129 Å². The first-order chi connectivity index (χ1) is 10.8. The molecule has 2 aromatic rings. The maximum atomic E-state index is 13.3. The molecule has 0 saturated heterocycles. The highest BCUT2D eigenvalue weighted by Crippen LogP contribution is 2.33. The summed E-state index contributed by atoms with van der Waals surface area (Å²) in [6, 6.07) is 6.93. The molecule has 0 radical (unpaired) electrons. The van der Waals surface area contributed by atoms with Crippen LogP contribution in [0.25, 0.3) is 0 Å². The van der Waals surface area contributed by atoms with E-state index in [4.69, 9.17) is 11.0 Å². The molecule has 0 spiro atoms. The minimum Gasteiger partial charge on any atom is -0.384 e.